The molecule has 0 spiro atoms. The highest BCUT2D eigenvalue weighted by Crippen LogP contribution is 2.16. The molecule has 0 atom stereocenters. The molecule has 0 saturated heterocycles. The fourth-order valence-corrected chi connectivity index (χ4v) is 1.34. The molecule has 0 saturated carbocycles. The molecule has 0 radical (unpaired) electrons. The van der Waals surface area contributed by atoms with Crippen molar-refractivity contribution in [2.45, 2.75) is 6.92 Å². The fraction of sp³-hybridized carbons (Fsp3) is 0.455. The minimum atomic E-state index is -0.552. The number of anilines is 2. The third-order valence-electron chi connectivity index (χ3n) is 2.35. The molecule has 0 aliphatic heterocycles. The second-order valence-electron chi connectivity index (χ2n) is 3.61. The maximum Gasteiger partial charge on any atom is 0.250 e. The molecule has 94 valence electrons. The Morgan fingerprint density at radius 3 is 2.88 bits per heavy atom. The number of nitrogen functional groups attached to an aromatic ring is 1. The van der Waals surface area contributed by atoms with Gasteiger partial charge in [0.2, 0.25) is 0 Å². The summed E-state index contributed by atoms with van der Waals surface area (Å²) in [5, 5.41) is 0. The van der Waals surface area contributed by atoms with Crippen LogP contribution in [0.4, 0.5) is 11.5 Å². The van der Waals surface area contributed by atoms with Crippen LogP contribution in [-0.2, 0) is 4.74 Å². The quantitative estimate of drug-likeness (QED) is 0.692. The lowest BCUT2D eigenvalue weighted by molar-refractivity contribution is 0.100. The number of nitrogens with two attached hydrogens (primary N) is 2. The van der Waals surface area contributed by atoms with E-state index < -0.39 is 5.91 Å². The Bertz CT molecular complexity index is 395. The van der Waals surface area contributed by atoms with Gasteiger partial charge in [0.05, 0.1) is 24.1 Å². The first-order valence-corrected chi connectivity index (χ1v) is 5.40. The molecule has 0 unspecified atom stereocenters. The zero-order valence-electron chi connectivity index (χ0n) is 10.1. The van der Waals surface area contributed by atoms with E-state index in [2.05, 4.69) is 4.98 Å². The van der Waals surface area contributed by atoms with Crippen molar-refractivity contribution >= 4 is 17.4 Å². The number of pyridine rings is 1. The number of likely N-dealkylation sites (N-methyl/N-ethyl adjacent to an activating group) is 1. The molecule has 1 heterocycles. The molecule has 1 aromatic heterocycles. The van der Waals surface area contributed by atoms with E-state index in [0.717, 1.165) is 0 Å². The van der Waals surface area contributed by atoms with Crippen LogP contribution < -0.4 is 16.4 Å². The van der Waals surface area contributed by atoms with Gasteiger partial charge in [-0.3, -0.25) is 4.79 Å². The third kappa shape index (κ3) is 3.60. The van der Waals surface area contributed by atoms with Crippen LogP contribution >= 0.6 is 0 Å². The molecule has 1 aromatic rings. The predicted molar refractivity (Wildman–Crippen MR) is 66.9 cm³/mol. The first-order valence-electron chi connectivity index (χ1n) is 5.40. The summed E-state index contributed by atoms with van der Waals surface area (Å²) in [6, 6.07) is 1.59. The number of ether oxygens (including phenoxy) is 1. The smallest absolute Gasteiger partial charge is 0.250 e. The molecule has 4 N–H and O–H groups in total. The Labute approximate surface area is 101 Å². The minimum absolute atomic E-state index is 0.290. The number of aromatic nitrogens is 1. The Morgan fingerprint density at radius 2 is 2.29 bits per heavy atom. The van der Waals surface area contributed by atoms with Crippen molar-refractivity contribution in [2.24, 2.45) is 5.73 Å². The van der Waals surface area contributed by atoms with E-state index in [-0.39, 0.29) is 0 Å². The molecule has 0 aromatic carbocycles. The molecular formula is C11H18N4O2. The highest BCUT2D eigenvalue weighted by molar-refractivity contribution is 5.98. The van der Waals surface area contributed by atoms with Crippen LogP contribution in [0.5, 0.6) is 0 Å². The molecular weight excluding hydrogens is 220 g/mol. The lowest BCUT2D eigenvalue weighted by Gasteiger charge is -2.18. The summed E-state index contributed by atoms with van der Waals surface area (Å²) in [6.07, 6.45) is 1.44. The number of primary amides is 1. The standard InChI is InChI=1S/C11H18N4O2/c1-3-17-5-4-15(2)10-6-8(11(13)16)9(12)7-14-10/h6-7H,3-5,12H2,1-2H3,(H2,13,16). The lowest BCUT2D eigenvalue weighted by Crippen LogP contribution is -2.24. The van der Waals surface area contributed by atoms with Crippen LogP contribution in [0.2, 0.25) is 0 Å². The number of rotatable bonds is 6. The molecule has 6 heteroatoms. The van der Waals surface area contributed by atoms with Crippen molar-refractivity contribution in [1.82, 2.24) is 4.98 Å². The van der Waals surface area contributed by atoms with Crippen LogP contribution in [0, 0.1) is 0 Å². The molecule has 1 amide bonds. The van der Waals surface area contributed by atoms with Gasteiger partial charge in [0.25, 0.3) is 5.91 Å². The molecule has 1 rings (SSSR count). The number of nitrogens with zero attached hydrogens (tertiary/aromatic N) is 2. The van der Waals surface area contributed by atoms with E-state index in [1.807, 2.05) is 18.9 Å². The van der Waals surface area contributed by atoms with Crippen molar-refractivity contribution in [3.63, 3.8) is 0 Å². The van der Waals surface area contributed by atoms with E-state index in [9.17, 15) is 4.79 Å². The summed E-state index contributed by atoms with van der Waals surface area (Å²) >= 11 is 0. The van der Waals surface area contributed by atoms with Crippen LogP contribution in [0.25, 0.3) is 0 Å². The van der Waals surface area contributed by atoms with Crippen molar-refractivity contribution in [3.05, 3.63) is 17.8 Å². The second kappa shape index (κ2) is 6.05. The van der Waals surface area contributed by atoms with E-state index in [0.29, 0.717) is 36.8 Å². The SMILES string of the molecule is CCOCCN(C)c1cc(C(N)=O)c(N)cn1. The zero-order valence-corrected chi connectivity index (χ0v) is 10.1. The number of carbonyl (C=O) groups excluding carboxylic acids is 1. The molecule has 17 heavy (non-hydrogen) atoms. The maximum absolute atomic E-state index is 11.1. The van der Waals surface area contributed by atoms with Crippen molar-refractivity contribution in [1.29, 1.82) is 0 Å². The summed E-state index contributed by atoms with van der Waals surface area (Å²) in [7, 11) is 1.86. The third-order valence-corrected chi connectivity index (χ3v) is 2.35. The number of amides is 1. The largest absolute Gasteiger partial charge is 0.397 e. The Hall–Kier alpha value is -1.82. The van der Waals surface area contributed by atoms with Gasteiger partial charge in [-0.25, -0.2) is 4.98 Å². The average Bonchev–Trinajstić information content (AvgIpc) is 2.29. The summed E-state index contributed by atoms with van der Waals surface area (Å²) < 4.78 is 5.24. The highest BCUT2D eigenvalue weighted by Gasteiger charge is 2.10. The Balaban J connectivity index is 2.77. The zero-order chi connectivity index (χ0) is 12.8. The van der Waals surface area contributed by atoms with Crippen LogP contribution in [0.15, 0.2) is 12.3 Å². The van der Waals surface area contributed by atoms with Crippen molar-refractivity contribution in [2.75, 3.05) is 37.4 Å². The van der Waals surface area contributed by atoms with Crippen LogP contribution in [-0.4, -0.2) is 37.7 Å². The van der Waals surface area contributed by atoms with Crippen molar-refractivity contribution in [3.8, 4) is 0 Å². The molecule has 0 aliphatic carbocycles. The van der Waals surface area contributed by atoms with Gasteiger partial charge in [0.15, 0.2) is 0 Å². The normalized spacial score (nSPS) is 10.2. The van der Waals surface area contributed by atoms with Gasteiger partial charge in [-0.2, -0.15) is 0 Å². The summed E-state index contributed by atoms with van der Waals surface area (Å²) in [4.78, 5) is 17.1. The topological polar surface area (TPSA) is 94.5 Å². The van der Waals surface area contributed by atoms with Gasteiger partial charge >= 0.3 is 0 Å². The fourth-order valence-electron chi connectivity index (χ4n) is 1.34. The number of carbonyl (C=O) groups is 1. The van der Waals surface area contributed by atoms with Crippen molar-refractivity contribution < 1.29 is 9.53 Å². The van der Waals surface area contributed by atoms with Gasteiger partial charge < -0.3 is 21.1 Å². The Morgan fingerprint density at radius 1 is 1.59 bits per heavy atom. The van der Waals surface area contributed by atoms with E-state index >= 15 is 0 Å². The van der Waals surface area contributed by atoms with Crippen LogP contribution in [0.3, 0.4) is 0 Å². The highest BCUT2D eigenvalue weighted by atomic mass is 16.5. The van der Waals surface area contributed by atoms with E-state index in [4.69, 9.17) is 16.2 Å². The number of hydrogen-bond acceptors (Lipinski definition) is 5. The van der Waals surface area contributed by atoms with Gasteiger partial charge in [-0.05, 0) is 13.0 Å². The first-order chi connectivity index (χ1) is 8.06. The van der Waals surface area contributed by atoms with Gasteiger partial charge in [-0.1, -0.05) is 0 Å². The lowest BCUT2D eigenvalue weighted by atomic mass is 10.2. The second-order valence-corrected chi connectivity index (χ2v) is 3.61. The molecule has 0 aliphatic rings. The van der Waals surface area contributed by atoms with E-state index in [1.54, 1.807) is 6.07 Å². The maximum atomic E-state index is 11.1. The minimum Gasteiger partial charge on any atom is -0.397 e. The Kier molecular flexibility index (Phi) is 4.71. The molecule has 0 bridgehead atoms. The summed E-state index contributed by atoms with van der Waals surface area (Å²) in [5.41, 5.74) is 11.4. The van der Waals surface area contributed by atoms with Gasteiger partial charge in [0, 0.05) is 20.2 Å². The molecule has 0 fully saturated rings. The summed E-state index contributed by atoms with van der Waals surface area (Å²) in [6.45, 7) is 3.90. The summed E-state index contributed by atoms with van der Waals surface area (Å²) in [5.74, 6) is 0.0945. The molecule has 6 nitrogen and oxygen atoms in total. The monoisotopic (exact) mass is 238 g/mol. The number of hydrogen-bond donors (Lipinski definition) is 2. The van der Waals surface area contributed by atoms with Crippen LogP contribution in [0.1, 0.15) is 17.3 Å². The first kappa shape index (κ1) is 13.2. The predicted octanol–water partition coefficient (Wildman–Crippen LogP) is 0.235. The van der Waals surface area contributed by atoms with E-state index in [1.165, 1.54) is 6.20 Å². The van der Waals surface area contributed by atoms with Gasteiger partial charge in [-0.15, -0.1) is 0 Å². The average molecular weight is 238 g/mol. The van der Waals surface area contributed by atoms with Gasteiger partial charge in [0.1, 0.15) is 5.82 Å².